The molecule has 1 atom stereocenters. The van der Waals surface area contributed by atoms with Crippen molar-refractivity contribution in [1.82, 2.24) is 10.0 Å². The molecule has 0 aliphatic carbocycles. The van der Waals surface area contributed by atoms with Crippen LogP contribution in [0.1, 0.15) is 42.6 Å². The third-order valence-corrected chi connectivity index (χ3v) is 5.84. The van der Waals surface area contributed by atoms with E-state index in [1.807, 2.05) is 18.2 Å². The fourth-order valence-electron chi connectivity index (χ4n) is 2.80. The van der Waals surface area contributed by atoms with Crippen molar-refractivity contribution in [1.29, 1.82) is 0 Å². The molecule has 0 saturated heterocycles. The Morgan fingerprint density at radius 1 is 1.00 bits per heavy atom. The summed E-state index contributed by atoms with van der Waals surface area (Å²) in [6.45, 7) is 6.82. The van der Waals surface area contributed by atoms with Crippen LogP contribution < -0.4 is 10.0 Å². The Bertz CT molecular complexity index is 816. The van der Waals surface area contributed by atoms with Gasteiger partial charge in [-0.2, -0.15) is 0 Å². The molecular formula is C20H26N2O3S. The fourth-order valence-corrected chi connectivity index (χ4v) is 3.84. The quantitative estimate of drug-likeness (QED) is 0.745. The van der Waals surface area contributed by atoms with Crippen LogP contribution in [0.25, 0.3) is 0 Å². The van der Waals surface area contributed by atoms with Gasteiger partial charge in [-0.3, -0.25) is 4.79 Å². The van der Waals surface area contributed by atoms with E-state index in [0.717, 1.165) is 0 Å². The highest BCUT2D eigenvalue weighted by Gasteiger charge is 2.18. The molecule has 6 heteroatoms. The minimum Gasteiger partial charge on any atom is -0.351 e. The van der Waals surface area contributed by atoms with Gasteiger partial charge in [0.25, 0.3) is 5.91 Å². The summed E-state index contributed by atoms with van der Waals surface area (Å²) in [5.74, 6) is 0.387. The van der Waals surface area contributed by atoms with Crippen molar-refractivity contribution in [2.24, 2.45) is 5.92 Å². The first kappa shape index (κ1) is 20.1. The average Bonchev–Trinajstić information content (AvgIpc) is 2.62. The van der Waals surface area contributed by atoms with E-state index in [1.54, 1.807) is 6.92 Å². The number of carbonyl (C=O) groups excluding carboxylic acids is 1. The molecule has 2 N–H and O–H groups in total. The Morgan fingerprint density at radius 3 is 2.15 bits per heavy atom. The molecule has 0 aliphatic rings. The van der Waals surface area contributed by atoms with Crippen molar-refractivity contribution in [3.63, 3.8) is 0 Å². The van der Waals surface area contributed by atoms with Crippen LogP contribution in [-0.4, -0.2) is 27.4 Å². The van der Waals surface area contributed by atoms with Gasteiger partial charge >= 0.3 is 0 Å². The Morgan fingerprint density at radius 2 is 1.62 bits per heavy atom. The SMILES string of the molecule is CCNS(=O)(=O)c1ccc(C(=O)NCC(c2ccccc2)C(C)C)cc1. The van der Waals surface area contributed by atoms with Crippen molar-refractivity contribution in [3.8, 4) is 0 Å². The smallest absolute Gasteiger partial charge is 0.251 e. The monoisotopic (exact) mass is 374 g/mol. The average molecular weight is 375 g/mol. The molecule has 0 heterocycles. The molecule has 26 heavy (non-hydrogen) atoms. The van der Waals surface area contributed by atoms with Gasteiger partial charge in [-0.1, -0.05) is 51.1 Å². The lowest BCUT2D eigenvalue weighted by Crippen LogP contribution is -2.30. The van der Waals surface area contributed by atoms with E-state index in [4.69, 9.17) is 0 Å². The highest BCUT2D eigenvalue weighted by Crippen LogP contribution is 2.23. The number of amides is 1. The molecule has 0 fully saturated rings. The number of sulfonamides is 1. The van der Waals surface area contributed by atoms with E-state index >= 15 is 0 Å². The minimum absolute atomic E-state index is 0.153. The summed E-state index contributed by atoms with van der Waals surface area (Å²) in [6, 6.07) is 16.1. The van der Waals surface area contributed by atoms with E-state index < -0.39 is 10.0 Å². The van der Waals surface area contributed by atoms with Crippen molar-refractivity contribution >= 4 is 15.9 Å². The van der Waals surface area contributed by atoms with Gasteiger partial charge in [0.05, 0.1) is 4.90 Å². The summed E-state index contributed by atoms with van der Waals surface area (Å²) < 4.78 is 26.3. The van der Waals surface area contributed by atoms with Gasteiger partial charge in [-0.05, 0) is 35.7 Å². The lowest BCUT2D eigenvalue weighted by molar-refractivity contribution is 0.0949. The number of benzene rings is 2. The van der Waals surface area contributed by atoms with E-state index in [9.17, 15) is 13.2 Å². The Balaban J connectivity index is 2.05. The Labute approximate surface area is 155 Å². The second-order valence-corrected chi connectivity index (χ2v) is 8.26. The third-order valence-electron chi connectivity index (χ3n) is 4.28. The van der Waals surface area contributed by atoms with Crippen LogP contribution in [-0.2, 0) is 10.0 Å². The van der Waals surface area contributed by atoms with Crippen LogP contribution in [0, 0.1) is 5.92 Å². The predicted octanol–water partition coefficient (Wildman–Crippen LogP) is 3.15. The molecule has 140 valence electrons. The molecule has 0 aliphatic heterocycles. The number of nitrogens with one attached hydrogen (secondary N) is 2. The summed E-state index contributed by atoms with van der Waals surface area (Å²) in [7, 11) is -3.51. The zero-order valence-electron chi connectivity index (χ0n) is 15.4. The van der Waals surface area contributed by atoms with Gasteiger partial charge in [-0.25, -0.2) is 13.1 Å². The standard InChI is InChI=1S/C20H26N2O3S/c1-4-22-26(24,25)18-12-10-17(11-13-18)20(23)21-14-19(15(2)3)16-8-6-5-7-9-16/h5-13,15,19,22H,4,14H2,1-3H3,(H,21,23). The van der Waals surface area contributed by atoms with E-state index in [2.05, 4.69) is 36.0 Å². The van der Waals surface area contributed by atoms with Crippen LogP contribution in [0.3, 0.4) is 0 Å². The topological polar surface area (TPSA) is 75.3 Å². The molecule has 2 aromatic rings. The van der Waals surface area contributed by atoms with Crippen molar-refractivity contribution in [2.45, 2.75) is 31.6 Å². The first-order valence-electron chi connectivity index (χ1n) is 8.78. The van der Waals surface area contributed by atoms with Crippen LogP contribution in [0.2, 0.25) is 0 Å². The highest BCUT2D eigenvalue weighted by atomic mass is 32.2. The Hall–Kier alpha value is -2.18. The lowest BCUT2D eigenvalue weighted by Gasteiger charge is -2.22. The van der Waals surface area contributed by atoms with Crippen LogP contribution in [0.4, 0.5) is 0 Å². The molecule has 0 radical (unpaired) electrons. The molecule has 0 spiro atoms. The van der Waals surface area contributed by atoms with Gasteiger partial charge < -0.3 is 5.32 Å². The maximum Gasteiger partial charge on any atom is 0.251 e. The first-order valence-corrected chi connectivity index (χ1v) is 10.3. The summed E-state index contributed by atoms with van der Waals surface area (Å²) in [5.41, 5.74) is 1.63. The zero-order valence-corrected chi connectivity index (χ0v) is 16.2. The summed E-state index contributed by atoms with van der Waals surface area (Å²) in [6.07, 6.45) is 0. The van der Waals surface area contributed by atoms with Gasteiger partial charge in [-0.15, -0.1) is 0 Å². The maximum atomic E-state index is 12.4. The second-order valence-electron chi connectivity index (χ2n) is 6.50. The molecular weight excluding hydrogens is 348 g/mol. The zero-order chi connectivity index (χ0) is 19.2. The van der Waals surface area contributed by atoms with E-state index in [-0.39, 0.29) is 16.7 Å². The van der Waals surface area contributed by atoms with Crippen LogP contribution >= 0.6 is 0 Å². The summed E-state index contributed by atoms with van der Waals surface area (Å²) >= 11 is 0. The molecule has 1 unspecified atom stereocenters. The van der Waals surface area contributed by atoms with Gasteiger partial charge in [0.2, 0.25) is 10.0 Å². The van der Waals surface area contributed by atoms with Crippen molar-refractivity contribution < 1.29 is 13.2 Å². The number of rotatable bonds is 8. The normalized spacial score (nSPS) is 12.8. The second kappa shape index (κ2) is 8.96. The molecule has 0 saturated carbocycles. The lowest BCUT2D eigenvalue weighted by atomic mass is 9.88. The summed E-state index contributed by atoms with van der Waals surface area (Å²) in [5, 5.41) is 2.96. The van der Waals surface area contributed by atoms with Crippen molar-refractivity contribution in [2.75, 3.05) is 13.1 Å². The van der Waals surface area contributed by atoms with Crippen LogP contribution in [0.5, 0.6) is 0 Å². The molecule has 0 bridgehead atoms. The largest absolute Gasteiger partial charge is 0.351 e. The number of hydrogen-bond donors (Lipinski definition) is 2. The van der Waals surface area contributed by atoms with E-state index in [0.29, 0.717) is 24.6 Å². The fraction of sp³-hybridized carbons (Fsp3) is 0.350. The van der Waals surface area contributed by atoms with Gasteiger partial charge in [0.1, 0.15) is 0 Å². The first-order chi connectivity index (χ1) is 12.3. The van der Waals surface area contributed by atoms with Crippen molar-refractivity contribution in [3.05, 3.63) is 65.7 Å². The van der Waals surface area contributed by atoms with E-state index in [1.165, 1.54) is 29.8 Å². The molecule has 2 aromatic carbocycles. The third kappa shape index (κ3) is 5.16. The number of carbonyl (C=O) groups is 1. The van der Waals surface area contributed by atoms with Gasteiger partial charge in [0.15, 0.2) is 0 Å². The molecule has 5 nitrogen and oxygen atoms in total. The summed E-state index contributed by atoms with van der Waals surface area (Å²) in [4.78, 5) is 12.6. The van der Waals surface area contributed by atoms with Gasteiger partial charge in [0, 0.05) is 24.6 Å². The predicted molar refractivity (Wildman–Crippen MR) is 104 cm³/mol. The Kier molecular flexibility index (Phi) is 6.94. The van der Waals surface area contributed by atoms with Crippen LogP contribution in [0.15, 0.2) is 59.5 Å². The number of hydrogen-bond acceptors (Lipinski definition) is 3. The molecule has 1 amide bonds. The minimum atomic E-state index is -3.51. The highest BCUT2D eigenvalue weighted by molar-refractivity contribution is 7.89. The molecule has 2 rings (SSSR count). The molecule has 0 aromatic heterocycles. The maximum absolute atomic E-state index is 12.4.